The summed E-state index contributed by atoms with van der Waals surface area (Å²) in [4.78, 5) is 2.23. The molecular weight excluding hydrogens is 182 g/mol. The smallest absolute Gasteiger partial charge is 0.0426 e. The largest absolute Gasteiger partial charge is 0.370 e. The van der Waals surface area contributed by atoms with Crippen LogP contribution in [0.3, 0.4) is 0 Å². The SMILES string of the molecule is CN(Cc1ccccc1)c1cc[c]cc1. The molecule has 1 radical (unpaired) electrons. The highest BCUT2D eigenvalue weighted by Crippen LogP contribution is 2.13. The van der Waals surface area contributed by atoms with Crippen molar-refractivity contribution < 1.29 is 0 Å². The van der Waals surface area contributed by atoms with E-state index in [2.05, 4.69) is 54.4 Å². The van der Waals surface area contributed by atoms with Crippen molar-refractivity contribution in [1.29, 1.82) is 0 Å². The maximum atomic E-state index is 3.02. The average molecular weight is 196 g/mol. The molecule has 0 aromatic heterocycles. The van der Waals surface area contributed by atoms with Crippen molar-refractivity contribution in [3.05, 3.63) is 66.2 Å². The van der Waals surface area contributed by atoms with Crippen LogP contribution in [-0.4, -0.2) is 7.05 Å². The van der Waals surface area contributed by atoms with E-state index >= 15 is 0 Å². The lowest BCUT2D eigenvalue weighted by Gasteiger charge is -2.19. The summed E-state index contributed by atoms with van der Waals surface area (Å²) in [6.07, 6.45) is 0. The predicted octanol–water partition coefficient (Wildman–Crippen LogP) is 3.12. The molecule has 1 heteroatoms. The van der Waals surface area contributed by atoms with Crippen molar-refractivity contribution in [3.8, 4) is 0 Å². The van der Waals surface area contributed by atoms with Crippen LogP contribution in [-0.2, 0) is 6.54 Å². The molecule has 1 nitrogen and oxygen atoms in total. The van der Waals surface area contributed by atoms with Crippen molar-refractivity contribution in [2.24, 2.45) is 0 Å². The average Bonchev–Trinajstić information content (AvgIpc) is 2.31. The maximum absolute atomic E-state index is 3.02. The van der Waals surface area contributed by atoms with E-state index in [-0.39, 0.29) is 0 Å². The number of hydrogen-bond acceptors (Lipinski definition) is 1. The van der Waals surface area contributed by atoms with Crippen molar-refractivity contribution in [3.63, 3.8) is 0 Å². The molecule has 2 aromatic carbocycles. The molecule has 0 aliphatic carbocycles. The highest BCUT2D eigenvalue weighted by molar-refractivity contribution is 5.45. The Labute approximate surface area is 91.0 Å². The van der Waals surface area contributed by atoms with Gasteiger partial charge in [0, 0.05) is 19.3 Å². The molecule has 0 bridgehead atoms. The topological polar surface area (TPSA) is 3.24 Å². The van der Waals surface area contributed by atoms with Crippen LogP contribution in [0.5, 0.6) is 0 Å². The molecule has 0 aliphatic rings. The molecule has 0 N–H and O–H groups in total. The molecule has 15 heavy (non-hydrogen) atoms. The summed E-state index contributed by atoms with van der Waals surface area (Å²) in [5.41, 5.74) is 2.55. The summed E-state index contributed by atoms with van der Waals surface area (Å²) in [7, 11) is 2.10. The summed E-state index contributed by atoms with van der Waals surface area (Å²) in [6.45, 7) is 0.935. The zero-order valence-electron chi connectivity index (χ0n) is 8.85. The Hall–Kier alpha value is -1.76. The van der Waals surface area contributed by atoms with Gasteiger partial charge in [-0.05, 0) is 23.8 Å². The van der Waals surface area contributed by atoms with Gasteiger partial charge in [0.15, 0.2) is 0 Å². The van der Waals surface area contributed by atoms with E-state index in [0.717, 1.165) is 6.54 Å². The van der Waals surface area contributed by atoms with Crippen molar-refractivity contribution in [1.82, 2.24) is 0 Å². The molecule has 2 rings (SSSR count). The Balaban J connectivity index is 2.08. The highest BCUT2D eigenvalue weighted by Gasteiger charge is 1.99. The molecule has 2 aromatic rings. The molecule has 0 atom stereocenters. The number of nitrogens with zero attached hydrogens (tertiary/aromatic N) is 1. The number of anilines is 1. The minimum absolute atomic E-state index is 0.935. The fourth-order valence-corrected chi connectivity index (χ4v) is 1.58. The fraction of sp³-hybridized carbons (Fsp3) is 0.143. The highest BCUT2D eigenvalue weighted by atomic mass is 15.1. The van der Waals surface area contributed by atoms with Crippen LogP contribution in [0.1, 0.15) is 5.56 Å². The lowest BCUT2D eigenvalue weighted by Crippen LogP contribution is -2.15. The van der Waals surface area contributed by atoms with Crippen LogP contribution < -0.4 is 4.90 Å². The van der Waals surface area contributed by atoms with Crippen LogP contribution in [0.25, 0.3) is 0 Å². The number of rotatable bonds is 3. The zero-order chi connectivity index (χ0) is 10.5. The third-order valence-corrected chi connectivity index (χ3v) is 2.40. The Kier molecular flexibility index (Phi) is 3.03. The normalized spacial score (nSPS) is 9.93. The summed E-state index contributed by atoms with van der Waals surface area (Å²) >= 11 is 0. The summed E-state index contributed by atoms with van der Waals surface area (Å²) in [5, 5.41) is 0. The molecule has 0 fully saturated rings. The third-order valence-electron chi connectivity index (χ3n) is 2.40. The summed E-state index contributed by atoms with van der Waals surface area (Å²) in [6, 6.07) is 21.5. The summed E-state index contributed by atoms with van der Waals surface area (Å²) in [5.74, 6) is 0. The van der Waals surface area contributed by atoms with Gasteiger partial charge in [-0.25, -0.2) is 0 Å². The van der Waals surface area contributed by atoms with Gasteiger partial charge in [0.25, 0.3) is 0 Å². The van der Waals surface area contributed by atoms with E-state index in [0.29, 0.717) is 0 Å². The Morgan fingerprint density at radius 2 is 1.67 bits per heavy atom. The van der Waals surface area contributed by atoms with Crippen LogP contribution in [0, 0.1) is 6.07 Å². The van der Waals surface area contributed by atoms with Gasteiger partial charge in [-0.2, -0.15) is 0 Å². The Morgan fingerprint density at radius 3 is 2.33 bits per heavy atom. The fourth-order valence-electron chi connectivity index (χ4n) is 1.58. The van der Waals surface area contributed by atoms with E-state index in [1.165, 1.54) is 11.3 Å². The van der Waals surface area contributed by atoms with Gasteiger partial charge in [-0.15, -0.1) is 0 Å². The van der Waals surface area contributed by atoms with Gasteiger partial charge in [0.05, 0.1) is 0 Å². The first-order chi connectivity index (χ1) is 7.36. The van der Waals surface area contributed by atoms with E-state index in [9.17, 15) is 0 Å². The molecule has 0 amide bonds. The molecular formula is C14H14N. The Bertz CT molecular complexity index is 394. The second-order valence-electron chi connectivity index (χ2n) is 3.60. The van der Waals surface area contributed by atoms with Gasteiger partial charge in [0.1, 0.15) is 0 Å². The standard InChI is InChI=1S/C14H14N/c1-15(14-10-6-3-7-11-14)12-13-8-4-2-5-9-13/h2,4-11H,12H2,1H3. The monoisotopic (exact) mass is 196 g/mol. The quantitative estimate of drug-likeness (QED) is 0.729. The molecule has 75 valence electrons. The van der Waals surface area contributed by atoms with Gasteiger partial charge >= 0.3 is 0 Å². The molecule has 0 heterocycles. The van der Waals surface area contributed by atoms with Crippen molar-refractivity contribution >= 4 is 5.69 Å². The maximum Gasteiger partial charge on any atom is 0.0426 e. The number of benzene rings is 2. The first-order valence-electron chi connectivity index (χ1n) is 5.07. The predicted molar refractivity (Wildman–Crippen MR) is 63.8 cm³/mol. The van der Waals surface area contributed by atoms with Gasteiger partial charge in [-0.1, -0.05) is 42.5 Å². The minimum atomic E-state index is 0.935. The Morgan fingerprint density at radius 1 is 1.00 bits per heavy atom. The van der Waals surface area contributed by atoms with E-state index in [1.54, 1.807) is 0 Å². The molecule has 0 saturated heterocycles. The zero-order valence-corrected chi connectivity index (χ0v) is 8.85. The van der Waals surface area contributed by atoms with Gasteiger partial charge in [-0.3, -0.25) is 0 Å². The van der Waals surface area contributed by atoms with Crippen LogP contribution in [0.2, 0.25) is 0 Å². The summed E-state index contributed by atoms with van der Waals surface area (Å²) < 4.78 is 0. The van der Waals surface area contributed by atoms with Crippen molar-refractivity contribution in [2.45, 2.75) is 6.54 Å². The van der Waals surface area contributed by atoms with E-state index in [4.69, 9.17) is 0 Å². The van der Waals surface area contributed by atoms with Crippen LogP contribution >= 0.6 is 0 Å². The van der Waals surface area contributed by atoms with Crippen LogP contribution in [0.15, 0.2) is 54.6 Å². The van der Waals surface area contributed by atoms with Gasteiger partial charge < -0.3 is 4.90 Å². The molecule has 0 unspecified atom stereocenters. The third kappa shape index (κ3) is 2.59. The second-order valence-corrected chi connectivity index (χ2v) is 3.60. The first kappa shape index (κ1) is 9.78. The minimum Gasteiger partial charge on any atom is -0.370 e. The number of hydrogen-bond donors (Lipinski definition) is 0. The molecule has 0 saturated carbocycles. The molecule has 0 aliphatic heterocycles. The van der Waals surface area contributed by atoms with Crippen LogP contribution in [0.4, 0.5) is 5.69 Å². The first-order valence-corrected chi connectivity index (χ1v) is 5.07. The lowest BCUT2D eigenvalue weighted by molar-refractivity contribution is 0.923. The van der Waals surface area contributed by atoms with Crippen molar-refractivity contribution in [2.75, 3.05) is 11.9 Å². The lowest BCUT2D eigenvalue weighted by atomic mass is 10.2. The van der Waals surface area contributed by atoms with Gasteiger partial charge in [0.2, 0.25) is 0 Å². The van der Waals surface area contributed by atoms with E-state index < -0.39 is 0 Å². The second kappa shape index (κ2) is 4.65. The van der Waals surface area contributed by atoms with E-state index in [1.807, 2.05) is 18.2 Å². The molecule has 0 spiro atoms.